The lowest BCUT2D eigenvalue weighted by Gasteiger charge is -2.58. The molecule has 1 heterocycles. The van der Waals surface area contributed by atoms with Crippen LogP contribution in [-0.4, -0.2) is 62.3 Å². The molecular weight excluding hydrogens is 524 g/mol. The largest absolute Gasteiger partial charge is 0.462 e. The van der Waals surface area contributed by atoms with Crippen molar-refractivity contribution < 1.29 is 19.1 Å². The molecule has 4 aliphatic carbocycles. The zero-order chi connectivity index (χ0) is 29.9. The molecule has 0 aromatic heterocycles. The Morgan fingerprint density at radius 1 is 1.05 bits per heavy atom. The van der Waals surface area contributed by atoms with Crippen LogP contribution in [-0.2, 0) is 19.1 Å². The molecule has 0 spiro atoms. The van der Waals surface area contributed by atoms with Gasteiger partial charge in [0, 0.05) is 32.6 Å². The van der Waals surface area contributed by atoms with Crippen LogP contribution >= 0.6 is 0 Å². The van der Waals surface area contributed by atoms with E-state index in [0.29, 0.717) is 12.0 Å². The van der Waals surface area contributed by atoms with Crippen molar-refractivity contribution in [2.24, 2.45) is 46.3 Å². The number of rotatable bonds is 11. The van der Waals surface area contributed by atoms with E-state index in [0.717, 1.165) is 87.6 Å². The van der Waals surface area contributed by atoms with Gasteiger partial charge in [-0.25, -0.2) is 0 Å². The van der Waals surface area contributed by atoms with Crippen molar-refractivity contribution in [2.45, 2.75) is 118 Å². The number of morpholine rings is 1. The van der Waals surface area contributed by atoms with Gasteiger partial charge in [0.2, 0.25) is 5.91 Å². The van der Waals surface area contributed by atoms with Crippen LogP contribution in [0.2, 0.25) is 0 Å². The third kappa shape index (κ3) is 6.95. The molecule has 0 radical (unpaired) electrons. The summed E-state index contributed by atoms with van der Waals surface area (Å²) in [7, 11) is 0. The third-order valence-electron chi connectivity index (χ3n) is 12.7. The number of nitrogens with zero attached hydrogens (tertiary/aromatic N) is 1. The van der Waals surface area contributed by atoms with E-state index in [1.807, 2.05) is 0 Å². The normalized spacial score (nSPS) is 37.3. The van der Waals surface area contributed by atoms with Crippen LogP contribution < -0.4 is 5.32 Å². The smallest absolute Gasteiger partial charge is 0.315 e. The summed E-state index contributed by atoms with van der Waals surface area (Å²) >= 11 is 0. The fraction of sp³-hybridized carbons (Fsp3) is 0.889. The highest BCUT2D eigenvalue weighted by molar-refractivity contribution is 5.94. The van der Waals surface area contributed by atoms with E-state index in [1.54, 1.807) is 0 Å². The standard InChI is InChI=1S/C36H60N2O4/c1-25(2)7-6-8-26(3)30-11-12-31-29-10-9-27-23-28(13-15-35(27,4)32(29)14-16-36(30,31)5)42-34(40)24-33(39)37-17-18-38-19-21-41-22-20-38/h9,25-26,28-32H,6-8,10-24H2,1-5H3,(H,37,39)/t26-,28+,29?,30?,31+,32?,35+,36-/m1/s1. The summed E-state index contributed by atoms with van der Waals surface area (Å²) in [6.45, 7) is 17.1. The number of amides is 1. The van der Waals surface area contributed by atoms with Gasteiger partial charge in [0.1, 0.15) is 12.5 Å². The van der Waals surface area contributed by atoms with Crippen LogP contribution in [0.15, 0.2) is 11.6 Å². The maximum Gasteiger partial charge on any atom is 0.315 e. The molecule has 42 heavy (non-hydrogen) atoms. The zero-order valence-electron chi connectivity index (χ0n) is 27.4. The highest BCUT2D eigenvalue weighted by Gasteiger charge is 2.59. The van der Waals surface area contributed by atoms with Gasteiger partial charge in [0.15, 0.2) is 0 Å². The highest BCUT2D eigenvalue weighted by Crippen LogP contribution is 2.67. The van der Waals surface area contributed by atoms with Crippen LogP contribution in [0, 0.1) is 46.3 Å². The van der Waals surface area contributed by atoms with Gasteiger partial charge in [0.05, 0.1) is 13.2 Å². The van der Waals surface area contributed by atoms with E-state index in [1.165, 1.54) is 56.9 Å². The second kappa shape index (κ2) is 13.7. The van der Waals surface area contributed by atoms with Crippen molar-refractivity contribution in [1.82, 2.24) is 10.2 Å². The lowest BCUT2D eigenvalue weighted by molar-refractivity contribution is -0.153. The first-order valence-electron chi connectivity index (χ1n) is 17.6. The molecule has 4 fully saturated rings. The molecule has 1 saturated heterocycles. The highest BCUT2D eigenvalue weighted by atomic mass is 16.5. The van der Waals surface area contributed by atoms with E-state index >= 15 is 0 Å². The second-order valence-corrected chi connectivity index (χ2v) is 15.6. The number of ether oxygens (including phenoxy) is 2. The van der Waals surface area contributed by atoms with Crippen LogP contribution in [0.5, 0.6) is 0 Å². The Kier molecular flexibility index (Phi) is 10.4. The molecule has 5 rings (SSSR count). The summed E-state index contributed by atoms with van der Waals surface area (Å²) in [5, 5.41) is 2.89. The topological polar surface area (TPSA) is 67.9 Å². The van der Waals surface area contributed by atoms with Crippen molar-refractivity contribution in [3.05, 3.63) is 11.6 Å². The summed E-state index contributed by atoms with van der Waals surface area (Å²) < 4.78 is 11.3. The first-order chi connectivity index (χ1) is 20.1. The summed E-state index contributed by atoms with van der Waals surface area (Å²) in [5.41, 5.74) is 2.28. The van der Waals surface area contributed by atoms with Crippen molar-refractivity contribution in [1.29, 1.82) is 0 Å². The first-order valence-corrected chi connectivity index (χ1v) is 17.6. The fourth-order valence-electron chi connectivity index (χ4n) is 10.4. The minimum Gasteiger partial charge on any atom is -0.462 e. The maximum atomic E-state index is 12.7. The Morgan fingerprint density at radius 3 is 2.60 bits per heavy atom. The molecule has 238 valence electrons. The molecule has 1 aliphatic heterocycles. The molecule has 8 atom stereocenters. The molecule has 0 aromatic rings. The summed E-state index contributed by atoms with van der Waals surface area (Å²) in [5.74, 6) is 4.37. The monoisotopic (exact) mass is 584 g/mol. The zero-order valence-corrected chi connectivity index (χ0v) is 27.4. The van der Waals surface area contributed by atoms with Crippen molar-refractivity contribution >= 4 is 11.9 Å². The lowest BCUT2D eigenvalue weighted by atomic mass is 9.47. The predicted molar refractivity (Wildman–Crippen MR) is 168 cm³/mol. The van der Waals surface area contributed by atoms with Crippen LogP contribution in [0.1, 0.15) is 112 Å². The molecule has 3 saturated carbocycles. The fourth-order valence-corrected chi connectivity index (χ4v) is 10.4. The average molecular weight is 585 g/mol. The number of hydrogen-bond donors (Lipinski definition) is 1. The lowest BCUT2D eigenvalue weighted by Crippen LogP contribution is -2.51. The van der Waals surface area contributed by atoms with Crippen LogP contribution in [0.25, 0.3) is 0 Å². The molecule has 6 nitrogen and oxygen atoms in total. The summed E-state index contributed by atoms with van der Waals surface area (Å²) in [4.78, 5) is 27.3. The van der Waals surface area contributed by atoms with Crippen LogP contribution in [0.4, 0.5) is 0 Å². The Labute approximate surface area is 256 Å². The molecule has 0 bridgehead atoms. The average Bonchev–Trinajstić information content (AvgIpc) is 3.31. The van der Waals surface area contributed by atoms with Crippen molar-refractivity contribution in [2.75, 3.05) is 39.4 Å². The molecule has 0 aromatic carbocycles. The quantitative estimate of drug-likeness (QED) is 0.165. The SMILES string of the molecule is CC(C)CCC[C@@H](C)C1CC[C@H]2C3CC=C4C[C@@H](OC(=O)CC(=O)NCCN5CCOCC5)CC[C@]4(C)C3CC[C@]12C. The summed E-state index contributed by atoms with van der Waals surface area (Å²) in [6, 6.07) is 0. The predicted octanol–water partition coefficient (Wildman–Crippen LogP) is 6.78. The maximum absolute atomic E-state index is 12.7. The summed E-state index contributed by atoms with van der Waals surface area (Å²) in [6.07, 6.45) is 16.1. The second-order valence-electron chi connectivity index (χ2n) is 15.6. The number of carbonyl (C=O) groups is 2. The number of nitrogens with one attached hydrogen (secondary N) is 1. The van der Waals surface area contributed by atoms with Crippen molar-refractivity contribution in [3.8, 4) is 0 Å². The van der Waals surface area contributed by atoms with Gasteiger partial charge in [0.25, 0.3) is 0 Å². The molecule has 1 N–H and O–H groups in total. The number of carbonyl (C=O) groups excluding carboxylic acids is 2. The van der Waals surface area contributed by atoms with E-state index in [2.05, 4.69) is 50.9 Å². The van der Waals surface area contributed by atoms with E-state index < -0.39 is 0 Å². The van der Waals surface area contributed by atoms with Gasteiger partial charge < -0.3 is 14.8 Å². The Hall–Kier alpha value is -1.40. The van der Waals surface area contributed by atoms with Gasteiger partial charge in [-0.2, -0.15) is 0 Å². The van der Waals surface area contributed by atoms with Crippen molar-refractivity contribution in [3.63, 3.8) is 0 Å². The van der Waals surface area contributed by atoms with Gasteiger partial charge in [-0.1, -0.05) is 65.5 Å². The Morgan fingerprint density at radius 2 is 1.83 bits per heavy atom. The van der Waals surface area contributed by atoms with Crippen LogP contribution in [0.3, 0.4) is 0 Å². The van der Waals surface area contributed by atoms with Gasteiger partial charge in [-0.05, 0) is 91.3 Å². The Balaban J connectivity index is 1.11. The Bertz CT molecular complexity index is 973. The number of esters is 1. The third-order valence-corrected chi connectivity index (χ3v) is 12.7. The van der Waals surface area contributed by atoms with Gasteiger partial charge in [-0.3, -0.25) is 14.5 Å². The number of allylic oxidation sites excluding steroid dienone is 1. The minimum atomic E-state index is -0.380. The number of hydrogen-bond acceptors (Lipinski definition) is 5. The molecule has 5 aliphatic rings. The van der Waals surface area contributed by atoms with Gasteiger partial charge in [-0.15, -0.1) is 0 Å². The number of fused-ring (bicyclic) bond motifs is 5. The molecular formula is C36H60N2O4. The molecule has 1 amide bonds. The molecule has 6 heteroatoms. The molecule has 3 unspecified atom stereocenters. The van der Waals surface area contributed by atoms with Gasteiger partial charge >= 0.3 is 5.97 Å². The van der Waals surface area contributed by atoms with E-state index in [9.17, 15) is 9.59 Å². The van der Waals surface area contributed by atoms with E-state index in [-0.39, 0.29) is 29.8 Å². The minimum absolute atomic E-state index is 0.0917. The first kappa shape index (κ1) is 32.0. The van der Waals surface area contributed by atoms with E-state index in [4.69, 9.17) is 9.47 Å².